The van der Waals surface area contributed by atoms with Crippen molar-refractivity contribution in [2.24, 2.45) is 0 Å². The van der Waals surface area contributed by atoms with Crippen LogP contribution in [0.2, 0.25) is 5.02 Å². The minimum Gasteiger partial charge on any atom is -0.494 e. The Morgan fingerprint density at radius 1 is 0.970 bits per heavy atom. The third kappa shape index (κ3) is 5.01. The number of aromatic nitrogens is 2. The first-order chi connectivity index (χ1) is 15.8. The number of rotatable bonds is 5. The summed E-state index contributed by atoms with van der Waals surface area (Å²) in [5.74, 6) is 1.28. The molecule has 5 heteroatoms. The van der Waals surface area contributed by atoms with Gasteiger partial charge in [0.05, 0.1) is 23.2 Å². The highest BCUT2D eigenvalue weighted by molar-refractivity contribution is 6.31. The van der Waals surface area contributed by atoms with Crippen molar-refractivity contribution in [3.8, 4) is 11.4 Å². The van der Waals surface area contributed by atoms with Gasteiger partial charge in [-0.05, 0) is 72.0 Å². The van der Waals surface area contributed by atoms with Crippen molar-refractivity contribution in [1.29, 1.82) is 0 Å². The Hall–Kier alpha value is -3.37. The van der Waals surface area contributed by atoms with Gasteiger partial charge in [0.1, 0.15) is 11.6 Å². The molecule has 1 heterocycles. The van der Waals surface area contributed by atoms with E-state index in [1.165, 1.54) is 5.56 Å². The summed E-state index contributed by atoms with van der Waals surface area (Å²) in [6.07, 6.45) is 3.83. The second-order valence-electron chi connectivity index (χ2n) is 8.90. The number of fused-ring (bicyclic) bond motifs is 1. The van der Waals surface area contributed by atoms with Crippen molar-refractivity contribution in [2.45, 2.75) is 33.1 Å². The van der Waals surface area contributed by atoms with E-state index in [0.717, 1.165) is 17.0 Å². The summed E-state index contributed by atoms with van der Waals surface area (Å²) in [7, 11) is 0. The fourth-order valence-electron chi connectivity index (χ4n) is 3.66. The average Bonchev–Trinajstić information content (AvgIpc) is 2.78. The SMILES string of the molecule is CCOc1ccc(-n2c(/C=C/c3ccc(C(C)(C)C)cc3)nc3cc(Cl)ccc3c2=O)cc1. The van der Waals surface area contributed by atoms with Crippen LogP contribution < -0.4 is 10.3 Å². The number of hydrogen-bond donors (Lipinski definition) is 0. The van der Waals surface area contributed by atoms with E-state index in [1.54, 1.807) is 22.8 Å². The van der Waals surface area contributed by atoms with Gasteiger partial charge in [-0.2, -0.15) is 0 Å². The number of hydrogen-bond acceptors (Lipinski definition) is 3. The fourth-order valence-corrected chi connectivity index (χ4v) is 3.83. The molecule has 0 unspecified atom stereocenters. The molecular formula is C28H27ClN2O2. The molecule has 3 aromatic carbocycles. The standard InChI is InChI=1S/C28H27ClN2O2/c1-5-33-23-14-12-22(13-15-23)31-26(30-25-18-21(29)11-16-24(25)27(31)32)17-8-19-6-9-20(10-7-19)28(2,3)4/h6-18H,5H2,1-4H3/b17-8+. The smallest absolute Gasteiger partial charge is 0.266 e. The molecule has 0 bridgehead atoms. The lowest BCUT2D eigenvalue weighted by molar-refractivity contribution is 0.340. The van der Waals surface area contributed by atoms with Crippen molar-refractivity contribution in [1.82, 2.24) is 9.55 Å². The van der Waals surface area contributed by atoms with Crippen LogP contribution in [0.25, 0.3) is 28.7 Å². The molecule has 0 saturated carbocycles. The molecule has 0 atom stereocenters. The lowest BCUT2D eigenvalue weighted by Gasteiger charge is -2.18. The van der Waals surface area contributed by atoms with Crippen LogP contribution in [0.1, 0.15) is 44.6 Å². The Labute approximate surface area is 199 Å². The van der Waals surface area contributed by atoms with Crippen molar-refractivity contribution < 1.29 is 4.74 Å². The highest BCUT2D eigenvalue weighted by atomic mass is 35.5. The molecule has 0 aliphatic heterocycles. The first kappa shape index (κ1) is 22.8. The van der Waals surface area contributed by atoms with Gasteiger partial charge in [-0.25, -0.2) is 4.98 Å². The number of ether oxygens (including phenoxy) is 1. The van der Waals surface area contributed by atoms with E-state index < -0.39 is 0 Å². The Kier molecular flexibility index (Phi) is 6.39. The van der Waals surface area contributed by atoms with E-state index in [-0.39, 0.29) is 11.0 Å². The van der Waals surface area contributed by atoms with Crippen LogP contribution in [-0.4, -0.2) is 16.2 Å². The van der Waals surface area contributed by atoms with E-state index in [0.29, 0.717) is 28.4 Å². The lowest BCUT2D eigenvalue weighted by Crippen LogP contribution is -2.22. The molecule has 4 nitrogen and oxygen atoms in total. The molecule has 0 fully saturated rings. The van der Waals surface area contributed by atoms with Crippen LogP contribution in [0.5, 0.6) is 5.75 Å². The summed E-state index contributed by atoms with van der Waals surface area (Å²) in [6.45, 7) is 9.10. The molecular weight excluding hydrogens is 432 g/mol. The van der Waals surface area contributed by atoms with Gasteiger partial charge in [0.15, 0.2) is 0 Å². The van der Waals surface area contributed by atoms with E-state index in [1.807, 2.05) is 43.3 Å². The van der Waals surface area contributed by atoms with Gasteiger partial charge < -0.3 is 4.74 Å². The molecule has 0 aliphatic carbocycles. The molecule has 0 radical (unpaired) electrons. The monoisotopic (exact) mass is 458 g/mol. The maximum absolute atomic E-state index is 13.5. The maximum Gasteiger partial charge on any atom is 0.266 e. The highest BCUT2D eigenvalue weighted by Gasteiger charge is 2.14. The molecule has 0 aliphatic rings. The number of halogens is 1. The summed E-state index contributed by atoms with van der Waals surface area (Å²) >= 11 is 6.17. The lowest BCUT2D eigenvalue weighted by atomic mass is 9.87. The molecule has 0 spiro atoms. The van der Waals surface area contributed by atoms with Crippen molar-refractivity contribution in [3.63, 3.8) is 0 Å². The van der Waals surface area contributed by atoms with Crippen LogP contribution >= 0.6 is 11.6 Å². The Morgan fingerprint density at radius 2 is 1.67 bits per heavy atom. The van der Waals surface area contributed by atoms with Gasteiger partial charge in [0, 0.05) is 5.02 Å². The maximum atomic E-state index is 13.5. The van der Waals surface area contributed by atoms with E-state index in [9.17, 15) is 4.79 Å². The Balaban J connectivity index is 1.82. The summed E-state index contributed by atoms with van der Waals surface area (Å²) < 4.78 is 7.16. The minimum atomic E-state index is -0.149. The second-order valence-corrected chi connectivity index (χ2v) is 9.34. The molecule has 4 aromatic rings. The number of benzene rings is 3. The molecule has 1 aromatic heterocycles. The van der Waals surface area contributed by atoms with Gasteiger partial charge in [0.25, 0.3) is 5.56 Å². The minimum absolute atomic E-state index is 0.0928. The topological polar surface area (TPSA) is 44.1 Å². The van der Waals surface area contributed by atoms with Crippen molar-refractivity contribution in [3.05, 3.63) is 99.1 Å². The molecule has 4 rings (SSSR count). The van der Waals surface area contributed by atoms with E-state index in [4.69, 9.17) is 21.3 Å². The Bertz CT molecular complexity index is 1360. The van der Waals surface area contributed by atoms with E-state index in [2.05, 4.69) is 45.0 Å². The van der Waals surface area contributed by atoms with Gasteiger partial charge >= 0.3 is 0 Å². The number of nitrogens with zero attached hydrogens (tertiary/aromatic N) is 2. The summed E-state index contributed by atoms with van der Waals surface area (Å²) in [6, 6.07) is 21.0. The third-order valence-corrected chi connectivity index (χ3v) is 5.70. The van der Waals surface area contributed by atoms with Crippen LogP contribution in [0.15, 0.2) is 71.5 Å². The zero-order valence-electron chi connectivity index (χ0n) is 19.3. The van der Waals surface area contributed by atoms with Gasteiger partial charge in [-0.1, -0.05) is 62.7 Å². The van der Waals surface area contributed by atoms with Crippen LogP contribution in [-0.2, 0) is 5.41 Å². The summed E-state index contributed by atoms with van der Waals surface area (Å²) in [5, 5.41) is 1.06. The summed E-state index contributed by atoms with van der Waals surface area (Å²) in [5.41, 5.74) is 3.53. The third-order valence-electron chi connectivity index (χ3n) is 5.46. The predicted molar refractivity (Wildman–Crippen MR) is 138 cm³/mol. The first-order valence-corrected chi connectivity index (χ1v) is 11.4. The molecule has 0 amide bonds. The van der Waals surface area contributed by atoms with E-state index >= 15 is 0 Å². The molecule has 168 valence electrons. The van der Waals surface area contributed by atoms with Crippen molar-refractivity contribution >= 4 is 34.7 Å². The zero-order valence-corrected chi connectivity index (χ0v) is 20.1. The molecule has 33 heavy (non-hydrogen) atoms. The molecule has 0 N–H and O–H groups in total. The average molecular weight is 459 g/mol. The summed E-state index contributed by atoms with van der Waals surface area (Å²) in [4.78, 5) is 18.2. The van der Waals surface area contributed by atoms with Crippen molar-refractivity contribution in [2.75, 3.05) is 6.61 Å². The van der Waals surface area contributed by atoms with Crippen LogP contribution in [0.4, 0.5) is 0 Å². The van der Waals surface area contributed by atoms with Gasteiger partial charge in [-0.15, -0.1) is 0 Å². The zero-order chi connectivity index (χ0) is 23.6. The molecule has 0 saturated heterocycles. The normalized spacial score (nSPS) is 11.9. The quantitative estimate of drug-likeness (QED) is 0.326. The first-order valence-electron chi connectivity index (χ1n) is 11.0. The van der Waals surface area contributed by atoms with Gasteiger partial charge in [0.2, 0.25) is 0 Å². The fraction of sp³-hybridized carbons (Fsp3) is 0.214. The Morgan fingerprint density at radius 3 is 2.30 bits per heavy atom. The second kappa shape index (κ2) is 9.24. The largest absolute Gasteiger partial charge is 0.494 e. The van der Waals surface area contributed by atoms with Crippen LogP contribution in [0.3, 0.4) is 0 Å². The van der Waals surface area contributed by atoms with Gasteiger partial charge in [-0.3, -0.25) is 9.36 Å². The highest BCUT2D eigenvalue weighted by Crippen LogP contribution is 2.24. The van der Waals surface area contributed by atoms with Crippen LogP contribution in [0, 0.1) is 0 Å². The predicted octanol–water partition coefficient (Wildman–Crippen LogP) is 6.91.